The van der Waals surface area contributed by atoms with Crippen molar-refractivity contribution in [1.82, 2.24) is 0 Å². The maximum Gasteiger partial charge on any atom is 0.411 e. The van der Waals surface area contributed by atoms with Crippen molar-refractivity contribution in [3.8, 4) is 0 Å². The van der Waals surface area contributed by atoms with Gasteiger partial charge in [-0.3, -0.25) is 0 Å². The second-order valence-electron chi connectivity index (χ2n) is 4.57. The van der Waals surface area contributed by atoms with Crippen LogP contribution in [0.25, 0.3) is 0 Å². The average molecular weight is 295 g/mol. The Balaban J connectivity index is 2.72. The van der Waals surface area contributed by atoms with Crippen molar-refractivity contribution in [2.45, 2.75) is 18.0 Å². The van der Waals surface area contributed by atoms with E-state index in [9.17, 15) is 22.7 Å². The van der Waals surface area contributed by atoms with Crippen LogP contribution < -0.4 is 5.73 Å². The highest BCUT2D eigenvalue weighted by Crippen LogP contribution is 2.27. The first-order valence-electron chi connectivity index (χ1n) is 6.04. The SMILES string of the molecule is NCC(CO)(CCOCC(F)(F)F)c1cccc(F)c1. The molecule has 7 heteroatoms. The van der Waals surface area contributed by atoms with E-state index in [0.29, 0.717) is 5.56 Å². The smallest absolute Gasteiger partial charge is 0.395 e. The van der Waals surface area contributed by atoms with E-state index in [2.05, 4.69) is 4.74 Å². The maximum absolute atomic E-state index is 13.2. The molecule has 3 nitrogen and oxygen atoms in total. The molecule has 0 aromatic heterocycles. The fourth-order valence-electron chi connectivity index (χ4n) is 1.87. The van der Waals surface area contributed by atoms with E-state index in [4.69, 9.17) is 5.73 Å². The molecular weight excluding hydrogens is 278 g/mol. The Kier molecular flexibility index (Phi) is 5.91. The summed E-state index contributed by atoms with van der Waals surface area (Å²) in [4.78, 5) is 0. The molecule has 0 aliphatic carbocycles. The molecule has 0 bridgehead atoms. The summed E-state index contributed by atoms with van der Waals surface area (Å²) in [6.45, 7) is -2.01. The summed E-state index contributed by atoms with van der Waals surface area (Å²) >= 11 is 0. The number of halogens is 4. The van der Waals surface area contributed by atoms with Crippen LogP contribution in [0.15, 0.2) is 24.3 Å². The van der Waals surface area contributed by atoms with Crippen molar-refractivity contribution in [2.24, 2.45) is 5.73 Å². The van der Waals surface area contributed by atoms with Gasteiger partial charge in [-0.2, -0.15) is 13.2 Å². The molecule has 1 atom stereocenters. The quantitative estimate of drug-likeness (QED) is 0.597. The van der Waals surface area contributed by atoms with E-state index in [1.54, 1.807) is 6.07 Å². The van der Waals surface area contributed by atoms with E-state index in [1.165, 1.54) is 18.2 Å². The second kappa shape index (κ2) is 7.01. The van der Waals surface area contributed by atoms with Crippen LogP contribution in [-0.4, -0.2) is 37.6 Å². The van der Waals surface area contributed by atoms with Gasteiger partial charge in [-0.1, -0.05) is 12.1 Å². The number of benzene rings is 1. The zero-order chi connectivity index (χ0) is 15.2. The Labute approximate surface area is 114 Å². The molecule has 0 fully saturated rings. The number of alkyl halides is 3. The summed E-state index contributed by atoms with van der Waals surface area (Å²) in [5.74, 6) is -0.495. The number of ether oxygens (including phenoxy) is 1. The molecule has 0 amide bonds. The number of hydrogen-bond donors (Lipinski definition) is 2. The summed E-state index contributed by atoms with van der Waals surface area (Å²) in [5, 5.41) is 9.50. The molecule has 1 unspecified atom stereocenters. The Bertz CT molecular complexity index is 419. The lowest BCUT2D eigenvalue weighted by Gasteiger charge is -2.31. The molecule has 0 spiro atoms. The van der Waals surface area contributed by atoms with Crippen molar-refractivity contribution in [3.05, 3.63) is 35.6 Å². The van der Waals surface area contributed by atoms with Crippen LogP contribution in [-0.2, 0) is 10.2 Å². The summed E-state index contributed by atoms with van der Waals surface area (Å²) < 4.78 is 53.6. The van der Waals surface area contributed by atoms with Gasteiger partial charge in [0.2, 0.25) is 0 Å². The van der Waals surface area contributed by atoms with Crippen molar-refractivity contribution in [3.63, 3.8) is 0 Å². The zero-order valence-corrected chi connectivity index (χ0v) is 10.8. The highest BCUT2D eigenvalue weighted by Gasteiger charge is 2.32. The van der Waals surface area contributed by atoms with E-state index >= 15 is 0 Å². The molecule has 0 aliphatic rings. The van der Waals surface area contributed by atoms with E-state index in [1.807, 2.05) is 0 Å². The third-order valence-electron chi connectivity index (χ3n) is 3.12. The first kappa shape index (κ1) is 16.9. The molecule has 0 aliphatic heterocycles. The predicted octanol–water partition coefficient (Wildman–Crippen LogP) is 1.98. The van der Waals surface area contributed by atoms with Crippen LogP contribution in [0.3, 0.4) is 0 Å². The van der Waals surface area contributed by atoms with Crippen LogP contribution in [0.1, 0.15) is 12.0 Å². The standard InChI is InChI=1S/C13H17F4NO2/c14-11-3-1-2-10(6-11)12(7-18,8-19)4-5-20-9-13(15,16)17/h1-3,6,19H,4-5,7-9,18H2. The van der Waals surface area contributed by atoms with Gasteiger partial charge in [0.15, 0.2) is 0 Å². The zero-order valence-electron chi connectivity index (χ0n) is 10.8. The average Bonchev–Trinajstić information content (AvgIpc) is 2.38. The first-order chi connectivity index (χ1) is 9.33. The Hall–Kier alpha value is -1.18. The Morgan fingerprint density at radius 2 is 1.95 bits per heavy atom. The predicted molar refractivity (Wildman–Crippen MR) is 65.7 cm³/mol. The van der Waals surface area contributed by atoms with Gasteiger partial charge >= 0.3 is 6.18 Å². The van der Waals surface area contributed by atoms with Gasteiger partial charge < -0.3 is 15.6 Å². The lowest BCUT2D eigenvalue weighted by atomic mass is 9.78. The molecule has 0 saturated heterocycles. The number of aliphatic hydroxyl groups is 1. The molecule has 1 aromatic rings. The number of rotatable bonds is 7. The van der Waals surface area contributed by atoms with Gasteiger partial charge in [0.25, 0.3) is 0 Å². The molecule has 0 saturated carbocycles. The van der Waals surface area contributed by atoms with Crippen molar-refractivity contribution in [1.29, 1.82) is 0 Å². The second-order valence-corrected chi connectivity index (χ2v) is 4.57. The first-order valence-corrected chi connectivity index (χ1v) is 6.04. The van der Waals surface area contributed by atoms with Crippen LogP contribution in [0, 0.1) is 5.82 Å². The fourth-order valence-corrected chi connectivity index (χ4v) is 1.87. The summed E-state index contributed by atoms with van der Waals surface area (Å²) in [6, 6.07) is 5.49. The largest absolute Gasteiger partial charge is 0.411 e. The summed E-state index contributed by atoms with van der Waals surface area (Å²) in [6.07, 6.45) is -4.33. The molecule has 0 radical (unpaired) electrons. The summed E-state index contributed by atoms with van der Waals surface area (Å²) in [5.41, 5.74) is 5.04. The normalized spacial score (nSPS) is 15.1. The molecule has 1 rings (SSSR count). The van der Waals surface area contributed by atoms with Gasteiger partial charge in [0.05, 0.1) is 6.61 Å². The van der Waals surface area contributed by atoms with Crippen LogP contribution in [0.4, 0.5) is 17.6 Å². The highest BCUT2D eigenvalue weighted by atomic mass is 19.4. The van der Waals surface area contributed by atoms with Gasteiger partial charge in [-0.05, 0) is 24.1 Å². The lowest BCUT2D eigenvalue weighted by molar-refractivity contribution is -0.175. The lowest BCUT2D eigenvalue weighted by Crippen LogP contribution is -2.40. The third-order valence-corrected chi connectivity index (χ3v) is 3.12. The minimum atomic E-state index is -4.40. The monoisotopic (exact) mass is 295 g/mol. The number of nitrogens with two attached hydrogens (primary N) is 1. The molecule has 20 heavy (non-hydrogen) atoms. The number of hydrogen-bond acceptors (Lipinski definition) is 3. The number of aliphatic hydroxyl groups excluding tert-OH is 1. The van der Waals surface area contributed by atoms with Gasteiger partial charge in [-0.15, -0.1) is 0 Å². The minimum Gasteiger partial charge on any atom is -0.395 e. The Morgan fingerprint density at radius 3 is 2.45 bits per heavy atom. The third kappa shape index (κ3) is 4.73. The van der Waals surface area contributed by atoms with Gasteiger partial charge in [0, 0.05) is 18.6 Å². The van der Waals surface area contributed by atoms with Crippen LogP contribution in [0.5, 0.6) is 0 Å². The van der Waals surface area contributed by atoms with E-state index in [-0.39, 0.29) is 19.6 Å². The van der Waals surface area contributed by atoms with Crippen LogP contribution in [0.2, 0.25) is 0 Å². The van der Waals surface area contributed by atoms with Crippen LogP contribution >= 0.6 is 0 Å². The molecule has 114 valence electrons. The minimum absolute atomic E-state index is 0.0255. The fraction of sp³-hybridized carbons (Fsp3) is 0.538. The summed E-state index contributed by atoms with van der Waals surface area (Å²) in [7, 11) is 0. The van der Waals surface area contributed by atoms with Gasteiger partial charge in [-0.25, -0.2) is 4.39 Å². The molecule has 3 N–H and O–H groups in total. The van der Waals surface area contributed by atoms with Gasteiger partial charge in [0.1, 0.15) is 12.4 Å². The van der Waals surface area contributed by atoms with E-state index in [0.717, 1.165) is 0 Å². The van der Waals surface area contributed by atoms with Crippen molar-refractivity contribution < 1.29 is 27.4 Å². The van der Waals surface area contributed by atoms with E-state index < -0.39 is 30.6 Å². The van der Waals surface area contributed by atoms with Crippen molar-refractivity contribution >= 4 is 0 Å². The maximum atomic E-state index is 13.2. The molecule has 1 aromatic carbocycles. The topological polar surface area (TPSA) is 55.5 Å². The highest BCUT2D eigenvalue weighted by molar-refractivity contribution is 5.27. The molecule has 0 heterocycles. The molecular formula is C13H17F4NO2. The Morgan fingerprint density at radius 1 is 1.25 bits per heavy atom. The van der Waals surface area contributed by atoms with Crippen molar-refractivity contribution in [2.75, 3.05) is 26.4 Å².